The second-order valence-corrected chi connectivity index (χ2v) is 7.48. The number of hydrogen-bond acceptors (Lipinski definition) is 2. The Balaban J connectivity index is 1.67. The predicted octanol–water partition coefficient (Wildman–Crippen LogP) is 3.83. The molecule has 0 bridgehead atoms. The van der Waals surface area contributed by atoms with E-state index in [-0.39, 0.29) is 5.54 Å². The Bertz CT molecular complexity index is 356. The zero-order valence-electron chi connectivity index (χ0n) is 13.7. The molecule has 0 radical (unpaired) electrons. The van der Waals surface area contributed by atoms with E-state index >= 15 is 0 Å². The largest absolute Gasteiger partial charge is 0.325 e. The van der Waals surface area contributed by atoms with Gasteiger partial charge in [-0.2, -0.15) is 0 Å². The van der Waals surface area contributed by atoms with Crippen LogP contribution in [0.4, 0.5) is 0 Å². The van der Waals surface area contributed by atoms with Crippen molar-refractivity contribution in [1.29, 1.82) is 0 Å². The van der Waals surface area contributed by atoms with Gasteiger partial charge in [-0.3, -0.25) is 10.1 Å². The molecule has 120 valence electrons. The quantitative estimate of drug-likeness (QED) is 0.755. The minimum Gasteiger partial charge on any atom is -0.325 e. The summed E-state index contributed by atoms with van der Waals surface area (Å²) in [6.45, 7) is 3.23. The highest BCUT2D eigenvalue weighted by Gasteiger charge is 2.53. The lowest BCUT2D eigenvalue weighted by Gasteiger charge is -2.29. The molecule has 1 amide bonds. The van der Waals surface area contributed by atoms with Crippen LogP contribution in [-0.4, -0.2) is 29.1 Å². The SMILES string of the molecule is CCCCCCN1C(=O)C2(CCCC2)NC1C1CCCC1. The van der Waals surface area contributed by atoms with Crippen molar-refractivity contribution in [2.24, 2.45) is 5.92 Å². The van der Waals surface area contributed by atoms with E-state index in [0.717, 1.165) is 19.4 Å². The third kappa shape index (κ3) is 2.99. The highest BCUT2D eigenvalue weighted by molar-refractivity contribution is 5.89. The average Bonchev–Trinajstić information content (AvgIpc) is 3.21. The molecule has 2 aliphatic carbocycles. The maximum atomic E-state index is 13.0. The molecule has 1 unspecified atom stereocenters. The fraction of sp³-hybridized carbons (Fsp3) is 0.944. The van der Waals surface area contributed by atoms with E-state index in [1.165, 1.54) is 64.2 Å². The molecule has 3 rings (SSSR count). The summed E-state index contributed by atoms with van der Waals surface area (Å²) in [6.07, 6.45) is 15.3. The van der Waals surface area contributed by atoms with Gasteiger partial charge in [0.05, 0.1) is 11.7 Å². The molecular weight excluding hydrogens is 260 g/mol. The molecule has 1 heterocycles. The maximum absolute atomic E-state index is 13.0. The Morgan fingerprint density at radius 3 is 2.48 bits per heavy atom. The molecule has 1 atom stereocenters. The van der Waals surface area contributed by atoms with E-state index in [1.807, 2.05) is 0 Å². The van der Waals surface area contributed by atoms with Crippen molar-refractivity contribution in [2.75, 3.05) is 6.54 Å². The van der Waals surface area contributed by atoms with Gasteiger partial charge in [-0.1, -0.05) is 51.9 Å². The highest BCUT2D eigenvalue weighted by Crippen LogP contribution is 2.41. The van der Waals surface area contributed by atoms with Crippen LogP contribution < -0.4 is 5.32 Å². The molecule has 3 fully saturated rings. The monoisotopic (exact) mass is 292 g/mol. The Hall–Kier alpha value is -0.570. The van der Waals surface area contributed by atoms with Gasteiger partial charge in [-0.15, -0.1) is 0 Å². The Morgan fingerprint density at radius 1 is 1.10 bits per heavy atom. The van der Waals surface area contributed by atoms with Crippen LogP contribution in [0.3, 0.4) is 0 Å². The fourth-order valence-electron chi connectivity index (χ4n) is 4.76. The molecule has 3 aliphatic rings. The van der Waals surface area contributed by atoms with Crippen LogP contribution >= 0.6 is 0 Å². The summed E-state index contributed by atoms with van der Waals surface area (Å²) in [5.41, 5.74) is -0.169. The van der Waals surface area contributed by atoms with Crippen molar-refractivity contribution < 1.29 is 4.79 Å². The first-order valence-corrected chi connectivity index (χ1v) is 9.35. The predicted molar refractivity (Wildman–Crippen MR) is 85.9 cm³/mol. The number of nitrogens with one attached hydrogen (secondary N) is 1. The molecule has 3 heteroatoms. The van der Waals surface area contributed by atoms with Gasteiger partial charge in [-0.25, -0.2) is 0 Å². The molecule has 2 saturated carbocycles. The fourth-order valence-corrected chi connectivity index (χ4v) is 4.76. The first kappa shape index (κ1) is 15.3. The molecule has 0 aromatic carbocycles. The lowest BCUT2D eigenvalue weighted by atomic mass is 9.97. The van der Waals surface area contributed by atoms with Gasteiger partial charge in [-0.05, 0) is 38.0 Å². The van der Waals surface area contributed by atoms with E-state index in [2.05, 4.69) is 17.1 Å². The normalized spacial score (nSPS) is 29.1. The van der Waals surface area contributed by atoms with Crippen molar-refractivity contribution >= 4 is 5.91 Å². The van der Waals surface area contributed by atoms with Gasteiger partial charge in [0.15, 0.2) is 0 Å². The molecule has 1 spiro atoms. The first-order chi connectivity index (χ1) is 10.3. The first-order valence-electron chi connectivity index (χ1n) is 9.35. The summed E-state index contributed by atoms with van der Waals surface area (Å²) in [6, 6.07) is 0. The second kappa shape index (κ2) is 6.68. The third-order valence-corrected chi connectivity index (χ3v) is 5.99. The van der Waals surface area contributed by atoms with Crippen LogP contribution in [0, 0.1) is 5.92 Å². The van der Waals surface area contributed by atoms with Gasteiger partial charge in [0.2, 0.25) is 5.91 Å². The number of nitrogens with zero attached hydrogens (tertiary/aromatic N) is 1. The number of rotatable bonds is 6. The molecule has 1 N–H and O–H groups in total. The van der Waals surface area contributed by atoms with E-state index in [0.29, 0.717) is 18.0 Å². The summed E-state index contributed by atoms with van der Waals surface area (Å²) < 4.78 is 0. The molecule has 0 aromatic heterocycles. The van der Waals surface area contributed by atoms with E-state index in [1.54, 1.807) is 0 Å². The van der Waals surface area contributed by atoms with Gasteiger partial charge in [0, 0.05) is 6.54 Å². The van der Waals surface area contributed by atoms with Crippen molar-refractivity contribution in [3.8, 4) is 0 Å². The van der Waals surface area contributed by atoms with Gasteiger partial charge < -0.3 is 4.90 Å². The Labute approximate surface area is 129 Å². The van der Waals surface area contributed by atoms with E-state index < -0.39 is 0 Å². The number of unbranched alkanes of at least 4 members (excludes halogenated alkanes) is 3. The number of carbonyl (C=O) groups is 1. The minimum atomic E-state index is -0.169. The topological polar surface area (TPSA) is 32.3 Å². The Kier molecular flexibility index (Phi) is 4.88. The van der Waals surface area contributed by atoms with Crippen molar-refractivity contribution in [2.45, 2.75) is 95.7 Å². The van der Waals surface area contributed by atoms with E-state index in [9.17, 15) is 4.79 Å². The van der Waals surface area contributed by atoms with Gasteiger partial charge in [0.1, 0.15) is 0 Å². The number of amides is 1. The van der Waals surface area contributed by atoms with Crippen LogP contribution in [0.1, 0.15) is 84.0 Å². The summed E-state index contributed by atoms with van der Waals surface area (Å²) in [5.74, 6) is 1.15. The lowest BCUT2D eigenvalue weighted by Crippen LogP contribution is -2.46. The lowest BCUT2D eigenvalue weighted by molar-refractivity contribution is -0.133. The number of carbonyl (C=O) groups excluding carboxylic acids is 1. The molecule has 21 heavy (non-hydrogen) atoms. The van der Waals surface area contributed by atoms with Crippen LogP contribution in [0.5, 0.6) is 0 Å². The third-order valence-electron chi connectivity index (χ3n) is 5.99. The van der Waals surface area contributed by atoms with Crippen molar-refractivity contribution in [3.05, 3.63) is 0 Å². The maximum Gasteiger partial charge on any atom is 0.244 e. The summed E-state index contributed by atoms with van der Waals surface area (Å²) >= 11 is 0. The minimum absolute atomic E-state index is 0.169. The molecular formula is C18H32N2O. The van der Waals surface area contributed by atoms with Crippen LogP contribution in [-0.2, 0) is 4.79 Å². The number of hydrogen-bond donors (Lipinski definition) is 1. The zero-order chi connectivity index (χ0) is 14.7. The average molecular weight is 292 g/mol. The molecule has 1 saturated heterocycles. The van der Waals surface area contributed by atoms with Gasteiger partial charge in [0.25, 0.3) is 0 Å². The van der Waals surface area contributed by atoms with Gasteiger partial charge >= 0.3 is 0 Å². The smallest absolute Gasteiger partial charge is 0.244 e. The molecule has 1 aliphatic heterocycles. The molecule has 3 nitrogen and oxygen atoms in total. The van der Waals surface area contributed by atoms with E-state index in [4.69, 9.17) is 0 Å². The Morgan fingerprint density at radius 2 is 1.81 bits per heavy atom. The van der Waals surface area contributed by atoms with Crippen LogP contribution in [0.25, 0.3) is 0 Å². The summed E-state index contributed by atoms with van der Waals surface area (Å²) in [4.78, 5) is 15.3. The molecule has 0 aromatic rings. The standard InChI is InChI=1S/C18H32N2O/c1-2-3-4-9-14-20-16(15-10-5-6-11-15)19-18(17(20)21)12-7-8-13-18/h15-16,19H,2-14H2,1H3. The summed E-state index contributed by atoms with van der Waals surface area (Å²) in [7, 11) is 0. The highest BCUT2D eigenvalue weighted by atomic mass is 16.2. The second-order valence-electron chi connectivity index (χ2n) is 7.48. The van der Waals surface area contributed by atoms with Crippen LogP contribution in [0.2, 0.25) is 0 Å². The zero-order valence-corrected chi connectivity index (χ0v) is 13.7. The van der Waals surface area contributed by atoms with Crippen molar-refractivity contribution in [3.63, 3.8) is 0 Å². The van der Waals surface area contributed by atoms with Crippen LogP contribution in [0.15, 0.2) is 0 Å². The van der Waals surface area contributed by atoms with Crippen molar-refractivity contribution in [1.82, 2.24) is 10.2 Å². The summed E-state index contributed by atoms with van der Waals surface area (Å²) in [5, 5.41) is 3.83.